The predicted octanol–water partition coefficient (Wildman–Crippen LogP) is 4.46. The molecule has 156 valence electrons. The third-order valence-electron chi connectivity index (χ3n) is 4.99. The van der Waals surface area contributed by atoms with E-state index in [1.54, 1.807) is 18.2 Å². The van der Waals surface area contributed by atoms with Gasteiger partial charge in [-0.2, -0.15) is 0 Å². The van der Waals surface area contributed by atoms with E-state index in [1.165, 1.54) is 48.7 Å². The highest BCUT2D eigenvalue weighted by Crippen LogP contribution is 2.43. The summed E-state index contributed by atoms with van der Waals surface area (Å²) in [4.78, 5) is 38.1. The fourth-order valence-corrected chi connectivity index (χ4v) is 3.71. The largest absolute Gasteiger partial charge is 0.507 e. The van der Waals surface area contributed by atoms with Crippen molar-refractivity contribution in [1.82, 2.24) is 4.90 Å². The molecule has 0 unspecified atom stereocenters. The Balaban J connectivity index is 1.93. The molecule has 3 aromatic rings. The molecular formula is C22H15ClN2O6. The molecule has 4 rings (SSSR count). The first kappa shape index (κ1) is 20.4. The molecule has 1 saturated heterocycles. The Morgan fingerprint density at radius 3 is 2.45 bits per heavy atom. The number of halogens is 1. The second-order valence-electron chi connectivity index (χ2n) is 6.83. The number of benzene rings is 2. The minimum atomic E-state index is -1.18. The molecule has 0 bridgehead atoms. The Morgan fingerprint density at radius 1 is 1.10 bits per heavy atom. The molecule has 2 heterocycles. The van der Waals surface area contributed by atoms with E-state index in [9.17, 15) is 24.8 Å². The zero-order valence-electron chi connectivity index (χ0n) is 15.9. The van der Waals surface area contributed by atoms with Crippen LogP contribution in [0.1, 0.15) is 22.9 Å². The number of furan rings is 1. The Hall–Kier alpha value is -3.91. The van der Waals surface area contributed by atoms with Gasteiger partial charge < -0.3 is 14.4 Å². The van der Waals surface area contributed by atoms with Crippen LogP contribution in [0, 0.1) is 10.1 Å². The normalized spacial score (nSPS) is 17.8. The average molecular weight is 439 g/mol. The second kappa shape index (κ2) is 8.08. The molecule has 9 heteroatoms. The van der Waals surface area contributed by atoms with E-state index in [1.807, 2.05) is 0 Å². The number of rotatable bonds is 5. The standard InChI is InChI=1S/C22H15ClN2O6/c23-14-9-7-13(8-10-14)20(26)18-19(16-5-1-2-6-17(16)25(29)30)24(22(28)21(18)27)12-15-4-3-11-31-15/h1-11,19,26H,12H2/t19-/m0/s1. The van der Waals surface area contributed by atoms with Crippen molar-refractivity contribution in [1.29, 1.82) is 0 Å². The van der Waals surface area contributed by atoms with Gasteiger partial charge in [0.1, 0.15) is 11.5 Å². The molecular weight excluding hydrogens is 424 g/mol. The first-order valence-corrected chi connectivity index (χ1v) is 9.56. The van der Waals surface area contributed by atoms with E-state index < -0.39 is 28.4 Å². The van der Waals surface area contributed by atoms with E-state index in [-0.39, 0.29) is 28.9 Å². The molecule has 0 spiro atoms. The number of para-hydroxylation sites is 1. The maximum absolute atomic E-state index is 13.0. The summed E-state index contributed by atoms with van der Waals surface area (Å²) in [5.74, 6) is -1.89. The summed E-state index contributed by atoms with van der Waals surface area (Å²) < 4.78 is 5.30. The Kier molecular flexibility index (Phi) is 5.31. The Morgan fingerprint density at radius 2 is 1.81 bits per heavy atom. The molecule has 1 N–H and O–H groups in total. The van der Waals surface area contributed by atoms with Crippen LogP contribution in [0.15, 0.2) is 76.9 Å². The number of hydrogen-bond acceptors (Lipinski definition) is 6. The minimum Gasteiger partial charge on any atom is -0.507 e. The third-order valence-corrected chi connectivity index (χ3v) is 5.24. The molecule has 0 aliphatic carbocycles. The van der Waals surface area contributed by atoms with Crippen LogP contribution in [0.2, 0.25) is 5.02 Å². The summed E-state index contributed by atoms with van der Waals surface area (Å²) in [6, 6.07) is 13.9. The topological polar surface area (TPSA) is 114 Å². The van der Waals surface area contributed by atoms with Crippen LogP contribution in [-0.2, 0) is 16.1 Å². The van der Waals surface area contributed by atoms with Crippen molar-refractivity contribution in [3.05, 3.63) is 105 Å². The van der Waals surface area contributed by atoms with Gasteiger partial charge in [-0.25, -0.2) is 0 Å². The number of aliphatic hydroxyl groups is 1. The number of nitrogens with zero attached hydrogens (tertiary/aromatic N) is 2. The molecule has 0 saturated carbocycles. The lowest BCUT2D eigenvalue weighted by atomic mass is 9.94. The number of ketones is 1. The van der Waals surface area contributed by atoms with Crippen LogP contribution in [0.5, 0.6) is 0 Å². The van der Waals surface area contributed by atoms with Crippen molar-refractivity contribution in [2.75, 3.05) is 0 Å². The highest BCUT2D eigenvalue weighted by Gasteiger charge is 2.48. The molecule has 1 fully saturated rings. The number of Topliss-reactive ketones (excluding diaryl/α,β-unsaturated/α-hetero) is 1. The van der Waals surface area contributed by atoms with Gasteiger partial charge in [-0.15, -0.1) is 0 Å². The number of hydrogen-bond donors (Lipinski definition) is 1. The molecule has 1 aliphatic rings. The summed E-state index contributed by atoms with van der Waals surface area (Å²) in [5, 5.41) is 23.0. The SMILES string of the molecule is O=C1C(=O)N(Cc2ccco2)[C@@H](c2ccccc2[N+](=O)[O-])C1=C(O)c1ccc(Cl)cc1. The highest BCUT2D eigenvalue weighted by molar-refractivity contribution is 6.46. The zero-order chi connectivity index (χ0) is 22.1. The molecule has 1 aromatic heterocycles. The average Bonchev–Trinajstić information content (AvgIpc) is 3.36. The molecule has 1 atom stereocenters. The van der Waals surface area contributed by atoms with Crippen LogP contribution in [0.25, 0.3) is 5.76 Å². The number of carbonyl (C=O) groups excluding carboxylic acids is 2. The summed E-state index contributed by atoms with van der Waals surface area (Å²) in [6.45, 7) is -0.105. The van der Waals surface area contributed by atoms with Crippen molar-refractivity contribution in [3.63, 3.8) is 0 Å². The lowest BCUT2D eigenvalue weighted by Gasteiger charge is -2.24. The van der Waals surface area contributed by atoms with E-state index >= 15 is 0 Å². The van der Waals surface area contributed by atoms with Gasteiger partial charge >= 0.3 is 0 Å². The number of likely N-dealkylation sites (tertiary alicyclic amines) is 1. The second-order valence-corrected chi connectivity index (χ2v) is 7.27. The van der Waals surface area contributed by atoms with Crippen molar-refractivity contribution >= 4 is 34.7 Å². The van der Waals surface area contributed by atoms with Gasteiger partial charge in [0.2, 0.25) is 0 Å². The first-order chi connectivity index (χ1) is 14.9. The van der Waals surface area contributed by atoms with Crippen molar-refractivity contribution in [2.45, 2.75) is 12.6 Å². The Labute approximate surface area is 181 Å². The summed E-state index contributed by atoms with van der Waals surface area (Å²) in [7, 11) is 0. The van der Waals surface area contributed by atoms with Gasteiger partial charge in [-0.3, -0.25) is 19.7 Å². The summed E-state index contributed by atoms with van der Waals surface area (Å²) in [6.07, 6.45) is 1.42. The third kappa shape index (κ3) is 3.69. The van der Waals surface area contributed by atoms with E-state index in [4.69, 9.17) is 16.0 Å². The van der Waals surface area contributed by atoms with Gasteiger partial charge in [0.25, 0.3) is 17.4 Å². The fourth-order valence-electron chi connectivity index (χ4n) is 3.59. The number of amides is 1. The maximum Gasteiger partial charge on any atom is 0.296 e. The van der Waals surface area contributed by atoms with Gasteiger partial charge in [-0.05, 0) is 42.5 Å². The molecule has 1 aliphatic heterocycles. The minimum absolute atomic E-state index is 0.105. The maximum atomic E-state index is 13.0. The van der Waals surface area contributed by atoms with Crippen LogP contribution >= 0.6 is 11.6 Å². The van der Waals surface area contributed by atoms with E-state index in [0.29, 0.717) is 10.8 Å². The lowest BCUT2D eigenvalue weighted by Crippen LogP contribution is -2.29. The first-order valence-electron chi connectivity index (χ1n) is 9.18. The number of aliphatic hydroxyl groups excluding tert-OH is 1. The van der Waals surface area contributed by atoms with Crippen molar-refractivity contribution in [3.8, 4) is 0 Å². The fraction of sp³-hybridized carbons (Fsp3) is 0.0909. The smallest absolute Gasteiger partial charge is 0.296 e. The molecule has 0 radical (unpaired) electrons. The highest BCUT2D eigenvalue weighted by atomic mass is 35.5. The van der Waals surface area contributed by atoms with Gasteiger partial charge in [-0.1, -0.05) is 23.7 Å². The number of nitro benzene ring substituents is 1. The van der Waals surface area contributed by atoms with Crippen molar-refractivity contribution < 1.29 is 24.0 Å². The van der Waals surface area contributed by atoms with Gasteiger partial charge in [0.05, 0.1) is 34.9 Å². The number of carbonyl (C=O) groups is 2. The Bertz CT molecular complexity index is 1200. The van der Waals surface area contributed by atoms with Crippen molar-refractivity contribution in [2.24, 2.45) is 0 Å². The monoisotopic (exact) mass is 438 g/mol. The molecule has 31 heavy (non-hydrogen) atoms. The van der Waals surface area contributed by atoms with E-state index in [2.05, 4.69) is 0 Å². The van der Waals surface area contributed by atoms with Gasteiger partial charge in [0, 0.05) is 16.7 Å². The van der Waals surface area contributed by atoms with Crippen LogP contribution in [0.4, 0.5) is 5.69 Å². The van der Waals surface area contributed by atoms with Gasteiger partial charge in [0.15, 0.2) is 0 Å². The zero-order valence-corrected chi connectivity index (χ0v) is 16.7. The van der Waals surface area contributed by atoms with Crippen LogP contribution < -0.4 is 0 Å². The lowest BCUT2D eigenvalue weighted by molar-refractivity contribution is -0.385. The van der Waals surface area contributed by atoms with Crippen LogP contribution in [-0.4, -0.2) is 26.6 Å². The summed E-state index contributed by atoms with van der Waals surface area (Å²) >= 11 is 5.90. The van der Waals surface area contributed by atoms with Crippen LogP contribution in [0.3, 0.4) is 0 Å². The molecule has 2 aromatic carbocycles. The number of nitro groups is 1. The predicted molar refractivity (Wildman–Crippen MR) is 111 cm³/mol. The quantitative estimate of drug-likeness (QED) is 0.207. The summed E-state index contributed by atoms with van der Waals surface area (Å²) in [5.41, 5.74) is -0.160. The molecule has 8 nitrogen and oxygen atoms in total. The van der Waals surface area contributed by atoms with E-state index in [0.717, 1.165) is 4.90 Å². The molecule has 1 amide bonds.